The van der Waals surface area contributed by atoms with Gasteiger partial charge in [0.2, 0.25) is 23.6 Å². The van der Waals surface area contributed by atoms with Gasteiger partial charge in [-0.05, 0) is 6.42 Å². The van der Waals surface area contributed by atoms with Crippen molar-refractivity contribution >= 4 is 23.6 Å². The quantitative estimate of drug-likeness (QED) is 0.0643. The molecule has 4 amide bonds. The van der Waals surface area contributed by atoms with Crippen molar-refractivity contribution in [2.24, 2.45) is 11.7 Å². The molecule has 18 N–H and O–H groups in total. The number of hydrogen-bond acceptors (Lipinski definition) is 25. The number of aliphatic hydroxyl groups is 12. The van der Waals surface area contributed by atoms with E-state index in [-0.39, 0.29) is 6.42 Å². The van der Waals surface area contributed by atoms with Crippen LogP contribution in [0.15, 0.2) is 0 Å². The number of carbonyl (C=O) groups excluding carboxylic acids is 4. The summed E-state index contributed by atoms with van der Waals surface area (Å²) in [5.41, 5.74) is 6.05. The molecule has 392 valence electrons. The second kappa shape index (κ2) is 24.4. The Morgan fingerprint density at radius 3 is 1.26 bits per heavy atom. The van der Waals surface area contributed by atoms with Gasteiger partial charge in [-0.15, -0.1) is 0 Å². The summed E-state index contributed by atoms with van der Waals surface area (Å²) in [5.74, 6) is -3.93. The maximum absolute atomic E-state index is 12.6. The smallest absolute Gasteiger partial charge is 0.217 e. The summed E-state index contributed by atoms with van der Waals surface area (Å²) in [6.07, 6.45) is -31.4. The summed E-state index contributed by atoms with van der Waals surface area (Å²) in [6, 6.07) is -7.55. The molecule has 1 saturated carbocycles. The zero-order valence-corrected chi connectivity index (χ0v) is 37.5. The predicted octanol–water partition coefficient (Wildman–Crippen LogP) is -10.7. The Labute approximate surface area is 388 Å². The van der Waals surface area contributed by atoms with Crippen LogP contribution in [0.3, 0.4) is 0 Å². The fourth-order valence-electron chi connectivity index (χ4n) is 9.22. The Bertz CT molecular complexity index is 1680. The second-order valence-electron chi connectivity index (χ2n) is 17.5. The molecule has 68 heavy (non-hydrogen) atoms. The van der Waals surface area contributed by atoms with Gasteiger partial charge < -0.3 is 126 Å². The van der Waals surface area contributed by atoms with Gasteiger partial charge in [0.25, 0.3) is 0 Å². The van der Waals surface area contributed by atoms with Crippen molar-refractivity contribution in [1.82, 2.24) is 21.3 Å². The van der Waals surface area contributed by atoms with Gasteiger partial charge in [-0.1, -0.05) is 0 Å². The lowest BCUT2D eigenvalue weighted by Gasteiger charge is -2.51. The minimum Gasteiger partial charge on any atom is -0.396 e. The van der Waals surface area contributed by atoms with E-state index in [2.05, 4.69) is 21.3 Å². The molecule has 0 aromatic heterocycles. The van der Waals surface area contributed by atoms with Crippen molar-refractivity contribution in [3.05, 3.63) is 0 Å². The lowest BCUT2D eigenvalue weighted by Crippen LogP contribution is -2.71. The largest absolute Gasteiger partial charge is 0.396 e. The molecular formula is C39H67N5O24. The van der Waals surface area contributed by atoms with Gasteiger partial charge in [-0.2, -0.15) is 0 Å². The van der Waals surface area contributed by atoms with Crippen molar-refractivity contribution < 1.29 is 118 Å². The van der Waals surface area contributed by atoms with E-state index in [0.717, 1.165) is 27.7 Å². The van der Waals surface area contributed by atoms with E-state index in [4.69, 9.17) is 43.6 Å². The highest BCUT2D eigenvalue weighted by atomic mass is 16.7. The summed E-state index contributed by atoms with van der Waals surface area (Å²) in [5, 5.41) is 139. The van der Waals surface area contributed by atoms with Crippen molar-refractivity contribution in [1.29, 1.82) is 0 Å². The highest BCUT2D eigenvalue weighted by molar-refractivity contribution is 5.74. The fourth-order valence-corrected chi connectivity index (χ4v) is 9.22. The van der Waals surface area contributed by atoms with Crippen LogP contribution in [0.4, 0.5) is 0 Å². The number of amides is 4. The lowest BCUT2D eigenvalue weighted by molar-refractivity contribution is -0.354. The van der Waals surface area contributed by atoms with E-state index in [1.807, 2.05) is 0 Å². The molecule has 29 heteroatoms. The molecular weight excluding hydrogens is 922 g/mol. The van der Waals surface area contributed by atoms with Crippen molar-refractivity contribution in [2.75, 3.05) is 33.0 Å². The number of ether oxygens (including phenoxy) is 8. The molecule has 0 aromatic carbocycles. The third-order valence-corrected chi connectivity index (χ3v) is 12.5. The van der Waals surface area contributed by atoms with Crippen LogP contribution in [0.25, 0.3) is 0 Å². The number of nitrogens with two attached hydrogens (primary N) is 1. The summed E-state index contributed by atoms with van der Waals surface area (Å²) in [6.45, 7) is 0.205. The molecule has 4 heterocycles. The van der Waals surface area contributed by atoms with Gasteiger partial charge in [-0.3, -0.25) is 19.2 Å². The average molecular weight is 990 g/mol. The van der Waals surface area contributed by atoms with Crippen LogP contribution in [0.1, 0.15) is 34.1 Å². The van der Waals surface area contributed by atoms with E-state index in [1.165, 1.54) is 0 Å². The highest BCUT2D eigenvalue weighted by Crippen LogP contribution is 2.37. The number of rotatable bonds is 17. The van der Waals surface area contributed by atoms with Gasteiger partial charge in [0, 0.05) is 40.2 Å². The van der Waals surface area contributed by atoms with Crippen molar-refractivity contribution in [3.63, 3.8) is 0 Å². The van der Waals surface area contributed by atoms with Gasteiger partial charge in [0.05, 0.1) is 50.7 Å². The molecule has 4 aliphatic heterocycles. The molecule has 0 bridgehead atoms. The molecule has 29 nitrogen and oxygen atoms in total. The summed E-state index contributed by atoms with van der Waals surface area (Å²) in [7, 11) is 0. The molecule has 25 atom stereocenters. The van der Waals surface area contributed by atoms with Crippen LogP contribution >= 0.6 is 0 Å². The third kappa shape index (κ3) is 12.6. The molecule has 0 radical (unpaired) electrons. The zero-order valence-electron chi connectivity index (χ0n) is 37.5. The predicted molar refractivity (Wildman–Crippen MR) is 218 cm³/mol. The van der Waals surface area contributed by atoms with E-state index >= 15 is 0 Å². The van der Waals surface area contributed by atoms with Crippen LogP contribution in [-0.2, 0) is 57.1 Å². The molecule has 4 saturated heterocycles. The Morgan fingerprint density at radius 2 is 0.824 bits per heavy atom. The monoisotopic (exact) mass is 989 g/mol. The minimum atomic E-state index is -1.93. The topological polar surface area (TPSA) is 459 Å². The third-order valence-electron chi connectivity index (χ3n) is 12.5. The zero-order chi connectivity index (χ0) is 50.5. The van der Waals surface area contributed by atoms with Gasteiger partial charge >= 0.3 is 0 Å². The second-order valence-corrected chi connectivity index (χ2v) is 17.5. The fraction of sp³-hybridized carbons (Fsp3) is 0.897. The van der Waals surface area contributed by atoms with Crippen molar-refractivity contribution in [3.8, 4) is 0 Å². The van der Waals surface area contributed by atoms with Crippen LogP contribution < -0.4 is 27.0 Å². The Morgan fingerprint density at radius 1 is 0.456 bits per heavy atom. The number of nitrogens with one attached hydrogen (secondary N) is 4. The van der Waals surface area contributed by atoms with E-state index in [1.54, 1.807) is 0 Å². The molecule has 5 fully saturated rings. The highest BCUT2D eigenvalue weighted by Gasteiger charge is 2.57. The first-order chi connectivity index (χ1) is 32.1. The Hall–Kier alpha value is -2.96. The molecule has 0 spiro atoms. The number of hydrogen-bond donors (Lipinski definition) is 17. The van der Waals surface area contributed by atoms with Crippen LogP contribution in [0.5, 0.6) is 0 Å². The standard InChI is InChI=1S/C39H67N5O24/c1-11(50)41-22-16(5-15(6-45)32(28(22)56)66-37-21(40)27(55)26(54)17(7-46)63-37)61-33-19(9-48)64-38(24(30(33)58)43-13(3)52)68-35-20(10-49)65-39(25(31(35)59)44-14(4)53)67-34-18(8-47)62-36(60)23(29(34)57)42-12(2)51/h15-39,45-49,54-60H,5-10,40H2,1-4H3,(H,41,50)(H,42,51)(H,43,52)(H,44,53)/t15-,16-,17-,18-,19-,20-,21-,22+,23-,24-,25-,26-,27-,28-,29-,30-,31-,32?,33?,34?,35?,36?,37+,38+,39+/m1/s1. The molecule has 5 unspecified atom stereocenters. The molecule has 5 rings (SSSR count). The lowest BCUT2D eigenvalue weighted by atomic mass is 9.79. The van der Waals surface area contributed by atoms with Crippen LogP contribution in [-0.4, -0.2) is 265 Å². The number of carbonyl (C=O) groups is 4. The van der Waals surface area contributed by atoms with Gasteiger partial charge in [0.15, 0.2) is 25.2 Å². The Kier molecular flexibility index (Phi) is 20.1. The van der Waals surface area contributed by atoms with E-state index in [9.17, 15) is 80.5 Å². The summed E-state index contributed by atoms with van der Waals surface area (Å²) >= 11 is 0. The van der Waals surface area contributed by atoms with Crippen LogP contribution in [0.2, 0.25) is 0 Å². The van der Waals surface area contributed by atoms with E-state index < -0.39 is 210 Å². The SMILES string of the molecule is CC(=O)N[C@H]1[C@H](OC2[C@@H](CO)O[C@@H](OC3[C@@H](CO)OC(O)[C@H](NC(C)=O)[C@H]3O)[C@H](NC(C)=O)[C@H]2O)O[C@H](CO)C(O[C@@H]2C[C@H](CO)C(O[C@@H]3O[C@H](CO)[C@@H](O)[C@H](O)[C@H]3N)[C@H](O)[C@H]2NC(C)=O)[C@@H]1O. The average Bonchev–Trinajstić information content (AvgIpc) is 3.28. The first kappa shape index (κ1) is 56.0. The first-order valence-corrected chi connectivity index (χ1v) is 22.0. The molecule has 0 aromatic rings. The van der Waals surface area contributed by atoms with E-state index in [0.29, 0.717) is 0 Å². The minimum absolute atomic E-state index is 0.249. The van der Waals surface area contributed by atoms with Crippen molar-refractivity contribution in [2.45, 2.75) is 181 Å². The summed E-state index contributed by atoms with van der Waals surface area (Å²) < 4.78 is 47.2. The number of aliphatic hydroxyl groups excluding tert-OH is 12. The van der Waals surface area contributed by atoms with Crippen LogP contribution in [0, 0.1) is 5.92 Å². The maximum Gasteiger partial charge on any atom is 0.217 e. The first-order valence-electron chi connectivity index (χ1n) is 22.0. The van der Waals surface area contributed by atoms with Gasteiger partial charge in [0.1, 0.15) is 97.5 Å². The van der Waals surface area contributed by atoms with Gasteiger partial charge in [-0.25, -0.2) is 0 Å². The summed E-state index contributed by atoms with van der Waals surface area (Å²) in [4.78, 5) is 49.5. The Balaban J connectivity index is 1.38. The molecule has 5 aliphatic rings. The maximum atomic E-state index is 12.6. The molecule has 1 aliphatic carbocycles. The normalized spacial score (nSPS) is 45.5.